The molecule has 3 aromatic rings. The first-order valence-electron chi connectivity index (χ1n) is 8.97. The summed E-state index contributed by atoms with van der Waals surface area (Å²) in [5, 5.41) is 5.71. The minimum Gasteiger partial charge on any atom is -0.380 e. The molecule has 3 aromatic carbocycles. The van der Waals surface area contributed by atoms with Gasteiger partial charge in [0.25, 0.3) is 11.8 Å². The fraction of sp³-hybridized carbons (Fsp3) is 0.130. The largest absolute Gasteiger partial charge is 0.380 e. The van der Waals surface area contributed by atoms with E-state index in [9.17, 15) is 9.59 Å². The molecule has 0 fully saturated rings. The van der Waals surface area contributed by atoms with Crippen LogP contribution >= 0.6 is 0 Å². The number of hydrogen-bond donors (Lipinski definition) is 2. The first-order valence-corrected chi connectivity index (χ1v) is 8.97. The van der Waals surface area contributed by atoms with E-state index in [1.807, 2.05) is 42.5 Å². The van der Waals surface area contributed by atoms with E-state index in [1.165, 1.54) is 0 Å². The molecule has 0 atom stereocenters. The molecule has 0 radical (unpaired) electrons. The van der Waals surface area contributed by atoms with Crippen molar-refractivity contribution in [3.05, 3.63) is 101 Å². The molecule has 0 aliphatic heterocycles. The molecule has 2 N–H and O–H groups in total. The zero-order chi connectivity index (χ0) is 19.8. The highest BCUT2D eigenvalue weighted by molar-refractivity contribution is 6.04. The van der Waals surface area contributed by atoms with Crippen molar-refractivity contribution in [2.24, 2.45) is 0 Å². The maximum absolute atomic E-state index is 12.3. The maximum Gasteiger partial charge on any atom is 0.255 e. The molecular weight excluding hydrogens is 352 g/mol. The Hall–Kier alpha value is -3.44. The van der Waals surface area contributed by atoms with Crippen LogP contribution in [0.15, 0.2) is 78.9 Å². The number of hydrogen-bond acceptors (Lipinski definition) is 3. The van der Waals surface area contributed by atoms with E-state index < -0.39 is 0 Å². The third kappa shape index (κ3) is 5.28. The molecule has 0 aliphatic rings. The van der Waals surface area contributed by atoms with Crippen molar-refractivity contribution in [1.82, 2.24) is 5.32 Å². The van der Waals surface area contributed by atoms with Crippen molar-refractivity contribution < 1.29 is 14.3 Å². The summed E-state index contributed by atoms with van der Waals surface area (Å²) < 4.78 is 5.09. The second-order valence-corrected chi connectivity index (χ2v) is 6.33. The summed E-state index contributed by atoms with van der Waals surface area (Å²) in [5.41, 5.74) is 3.86. The van der Waals surface area contributed by atoms with Crippen molar-refractivity contribution in [3.63, 3.8) is 0 Å². The maximum atomic E-state index is 12.3. The van der Waals surface area contributed by atoms with E-state index in [0.717, 1.165) is 11.1 Å². The highest BCUT2D eigenvalue weighted by atomic mass is 16.5. The first-order chi connectivity index (χ1) is 13.7. The molecule has 0 saturated carbocycles. The highest BCUT2D eigenvalue weighted by Gasteiger charge is 2.08. The quantitative estimate of drug-likeness (QED) is 0.656. The molecule has 0 aliphatic carbocycles. The van der Waals surface area contributed by atoms with Crippen molar-refractivity contribution in [2.75, 3.05) is 12.4 Å². The Morgan fingerprint density at radius 3 is 2.00 bits per heavy atom. The summed E-state index contributed by atoms with van der Waals surface area (Å²) in [6.07, 6.45) is 0. The molecule has 0 spiro atoms. The zero-order valence-electron chi connectivity index (χ0n) is 15.6. The third-order valence-corrected chi connectivity index (χ3v) is 4.23. The van der Waals surface area contributed by atoms with Crippen molar-refractivity contribution in [1.29, 1.82) is 0 Å². The van der Waals surface area contributed by atoms with Gasteiger partial charge in [-0.25, -0.2) is 0 Å². The van der Waals surface area contributed by atoms with Gasteiger partial charge in [-0.1, -0.05) is 42.5 Å². The lowest BCUT2D eigenvalue weighted by Gasteiger charge is -2.08. The van der Waals surface area contributed by atoms with Crippen molar-refractivity contribution >= 4 is 17.5 Å². The van der Waals surface area contributed by atoms with Gasteiger partial charge in [-0.05, 0) is 47.5 Å². The molecule has 2 amide bonds. The summed E-state index contributed by atoms with van der Waals surface area (Å²) in [6, 6.07) is 23.7. The molecule has 142 valence electrons. The highest BCUT2D eigenvalue weighted by Crippen LogP contribution is 2.12. The first kappa shape index (κ1) is 19.3. The molecule has 0 heterocycles. The topological polar surface area (TPSA) is 67.4 Å². The molecule has 5 heteroatoms. The van der Waals surface area contributed by atoms with Crippen LogP contribution in [-0.4, -0.2) is 18.9 Å². The Bertz CT molecular complexity index is 920. The predicted octanol–water partition coefficient (Wildman–Crippen LogP) is 4.02. The monoisotopic (exact) mass is 374 g/mol. The van der Waals surface area contributed by atoms with Crippen LogP contribution in [0.2, 0.25) is 0 Å². The van der Waals surface area contributed by atoms with Gasteiger partial charge in [0.05, 0.1) is 6.61 Å². The zero-order valence-corrected chi connectivity index (χ0v) is 15.6. The number of ether oxygens (including phenoxy) is 1. The van der Waals surface area contributed by atoms with Crippen LogP contribution in [0, 0.1) is 0 Å². The number of benzene rings is 3. The Kier molecular flexibility index (Phi) is 6.54. The van der Waals surface area contributed by atoms with Crippen LogP contribution in [0.4, 0.5) is 5.69 Å². The second kappa shape index (κ2) is 9.48. The minimum atomic E-state index is -0.185. The summed E-state index contributed by atoms with van der Waals surface area (Å²) in [7, 11) is 1.66. The fourth-order valence-corrected chi connectivity index (χ4v) is 2.70. The lowest BCUT2D eigenvalue weighted by molar-refractivity contribution is 0.0950. The Labute approximate surface area is 164 Å². The predicted molar refractivity (Wildman–Crippen MR) is 109 cm³/mol. The molecular formula is C23H22N2O3. The van der Waals surface area contributed by atoms with Crippen LogP contribution in [0.1, 0.15) is 31.8 Å². The summed E-state index contributed by atoms with van der Waals surface area (Å²) in [6.45, 7) is 1.01. The van der Waals surface area contributed by atoms with E-state index in [-0.39, 0.29) is 11.8 Å². The number of methoxy groups -OCH3 is 1. The molecule has 0 bridgehead atoms. The van der Waals surface area contributed by atoms with Crippen LogP contribution in [0.5, 0.6) is 0 Å². The number of rotatable bonds is 7. The van der Waals surface area contributed by atoms with Gasteiger partial charge < -0.3 is 15.4 Å². The van der Waals surface area contributed by atoms with E-state index >= 15 is 0 Å². The van der Waals surface area contributed by atoms with Crippen LogP contribution in [0.25, 0.3) is 0 Å². The van der Waals surface area contributed by atoms with Crippen LogP contribution < -0.4 is 10.6 Å². The number of carbonyl (C=O) groups excluding carboxylic acids is 2. The fourth-order valence-electron chi connectivity index (χ4n) is 2.70. The van der Waals surface area contributed by atoms with Crippen LogP contribution in [-0.2, 0) is 17.9 Å². The normalized spacial score (nSPS) is 10.3. The van der Waals surface area contributed by atoms with Gasteiger partial charge >= 0.3 is 0 Å². The van der Waals surface area contributed by atoms with Gasteiger partial charge in [0, 0.05) is 30.5 Å². The van der Waals surface area contributed by atoms with Gasteiger partial charge in [0.1, 0.15) is 0 Å². The molecule has 0 aromatic heterocycles. The number of anilines is 1. The Balaban J connectivity index is 1.54. The van der Waals surface area contributed by atoms with Gasteiger partial charge in [0.15, 0.2) is 0 Å². The third-order valence-electron chi connectivity index (χ3n) is 4.23. The van der Waals surface area contributed by atoms with Gasteiger partial charge in [-0.3, -0.25) is 9.59 Å². The SMILES string of the molecule is COCc1ccc(CNC(=O)c2ccc(NC(=O)c3ccccc3)cc2)cc1. The van der Waals surface area contributed by atoms with Gasteiger partial charge in [0.2, 0.25) is 0 Å². The lowest BCUT2D eigenvalue weighted by Crippen LogP contribution is -2.22. The smallest absolute Gasteiger partial charge is 0.255 e. The van der Waals surface area contributed by atoms with E-state index in [2.05, 4.69) is 10.6 Å². The summed E-state index contributed by atoms with van der Waals surface area (Å²) in [4.78, 5) is 24.5. The van der Waals surface area contributed by atoms with E-state index in [1.54, 1.807) is 43.5 Å². The van der Waals surface area contributed by atoms with Gasteiger partial charge in [-0.15, -0.1) is 0 Å². The Morgan fingerprint density at radius 2 is 1.36 bits per heavy atom. The molecule has 5 nitrogen and oxygen atoms in total. The van der Waals surface area contributed by atoms with Crippen molar-refractivity contribution in [3.8, 4) is 0 Å². The van der Waals surface area contributed by atoms with Crippen LogP contribution in [0.3, 0.4) is 0 Å². The number of carbonyl (C=O) groups is 2. The summed E-state index contributed by atoms with van der Waals surface area (Å²) >= 11 is 0. The average Bonchev–Trinajstić information content (AvgIpc) is 2.74. The standard InChI is InChI=1S/C23H22N2O3/c1-28-16-18-9-7-17(8-10-18)15-24-22(26)20-11-13-21(14-12-20)25-23(27)19-5-3-2-4-6-19/h2-14H,15-16H2,1H3,(H,24,26)(H,25,27). The molecule has 0 saturated heterocycles. The average molecular weight is 374 g/mol. The van der Waals surface area contributed by atoms with E-state index in [0.29, 0.717) is 30.0 Å². The molecule has 28 heavy (non-hydrogen) atoms. The van der Waals surface area contributed by atoms with Gasteiger partial charge in [-0.2, -0.15) is 0 Å². The van der Waals surface area contributed by atoms with E-state index in [4.69, 9.17) is 4.74 Å². The number of amides is 2. The minimum absolute atomic E-state index is 0.165. The number of nitrogens with one attached hydrogen (secondary N) is 2. The van der Waals surface area contributed by atoms with Crippen molar-refractivity contribution in [2.45, 2.75) is 13.2 Å². The lowest BCUT2D eigenvalue weighted by atomic mass is 10.1. The summed E-state index contributed by atoms with van der Waals surface area (Å²) in [5.74, 6) is -0.350. The molecule has 0 unspecified atom stereocenters. The molecule has 3 rings (SSSR count). The second-order valence-electron chi connectivity index (χ2n) is 6.33. The Morgan fingerprint density at radius 1 is 0.750 bits per heavy atom.